The predicted molar refractivity (Wildman–Crippen MR) is 97.8 cm³/mol. The Balaban J connectivity index is 1.63. The molecule has 7 heteroatoms. The van der Waals surface area contributed by atoms with Crippen LogP contribution in [-0.2, 0) is 9.84 Å². The van der Waals surface area contributed by atoms with E-state index in [2.05, 4.69) is 17.1 Å². The third kappa shape index (κ3) is 4.16. The summed E-state index contributed by atoms with van der Waals surface area (Å²) in [6, 6.07) is 11.0. The van der Waals surface area contributed by atoms with Gasteiger partial charge in [0.25, 0.3) is 5.91 Å². The van der Waals surface area contributed by atoms with Crippen molar-refractivity contribution < 1.29 is 17.6 Å². The van der Waals surface area contributed by atoms with Crippen molar-refractivity contribution in [2.45, 2.75) is 42.2 Å². The Morgan fingerprint density at radius 1 is 1.12 bits per heavy atom. The molecule has 140 valence electrons. The van der Waals surface area contributed by atoms with Crippen LogP contribution in [0.25, 0.3) is 0 Å². The van der Waals surface area contributed by atoms with Crippen LogP contribution in [-0.4, -0.2) is 44.9 Å². The molecule has 1 aliphatic rings. The molecule has 0 unspecified atom stereocenters. The fourth-order valence-corrected chi connectivity index (χ4v) is 4.31. The second kappa shape index (κ2) is 8.05. The maximum absolute atomic E-state index is 12.5. The van der Waals surface area contributed by atoms with Gasteiger partial charge in [0.15, 0.2) is 5.76 Å². The Hall–Kier alpha value is -2.12. The lowest BCUT2D eigenvalue weighted by atomic mass is 10.1. The van der Waals surface area contributed by atoms with Crippen molar-refractivity contribution in [2.24, 2.45) is 0 Å². The van der Waals surface area contributed by atoms with Crippen molar-refractivity contribution in [2.75, 3.05) is 19.6 Å². The molecule has 2 aromatic rings. The topological polar surface area (TPSA) is 79.6 Å². The zero-order valence-corrected chi connectivity index (χ0v) is 15.7. The molecule has 0 spiro atoms. The molecule has 0 bridgehead atoms. The highest BCUT2D eigenvalue weighted by atomic mass is 32.2. The highest BCUT2D eigenvalue weighted by Gasteiger charge is 2.24. The van der Waals surface area contributed by atoms with Crippen molar-refractivity contribution in [1.29, 1.82) is 0 Å². The number of hydrogen-bond donors (Lipinski definition) is 1. The number of likely N-dealkylation sites (tertiary alicyclic amines) is 1. The van der Waals surface area contributed by atoms with Crippen molar-refractivity contribution in [3.63, 3.8) is 0 Å². The number of carbonyl (C=O) groups excluding carboxylic acids is 1. The number of benzene rings is 1. The van der Waals surface area contributed by atoms with Crippen molar-refractivity contribution in [3.05, 3.63) is 48.2 Å². The second-order valence-corrected chi connectivity index (χ2v) is 8.47. The molecule has 1 aromatic heterocycles. The average molecular weight is 376 g/mol. The monoisotopic (exact) mass is 376 g/mol. The summed E-state index contributed by atoms with van der Waals surface area (Å²) in [4.78, 5) is 14.8. The maximum Gasteiger partial charge on any atom is 0.287 e. The van der Waals surface area contributed by atoms with Gasteiger partial charge in [0, 0.05) is 12.6 Å². The van der Waals surface area contributed by atoms with Gasteiger partial charge in [0.2, 0.25) is 14.9 Å². The van der Waals surface area contributed by atoms with Crippen molar-refractivity contribution in [1.82, 2.24) is 10.2 Å². The van der Waals surface area contributed by atoms with E-state index in [0.29, 0.717) is 6.54 Å². The van der Waals surface area contributed by atoms with Gasteiger partial charge in [-0.15, -0.1) is 0 Å². The summed E-state index contributed by atoms with van der Waals surface area (Å²) < 4.78 is 30.3. The molecule has 1 aliphatic heterocycles. The number of piperidine rings is 1. The molecule has 1 fully saturated rings. The van der Waals surface area contributed by atoms with Crippen molar-refractivity contribution >= 4 is 15.7 Å². The molecule has 26 heavy (non-hydrogen) atoms. The van der Waals surface area contributed by atoms with Crippen LogP contribution in [0.5, 0.6) is 0 Å². The number of carbonyl (C=O) groups is 1. The predicted octanol–water partition coefficient (Wildman–Crippen LogP) is 2.72. The van der Waals surface area contributed by atoms with Gasteiger partial charge < -0.3 is 9.73 Å². The lowest BCUT2D eigenvalue weighted by molar-refractivity contribution is 0.0897. The Kier molecular flexibility index (Phi) is 5.78. The number of rotatable bonds is 6. The van der Waals surface area contributed by atoms with Crippen LogP contribution in [0.2, 0.25) is 0 Å². The lowest BCUT2D eigenvalue weighted by Gasteiger charge is -2.32. The molecule has 1 saturated heterocycles. The number of nitrogens with one attached hydrogen (secondary N) is 1. The zero-order chi connectivity index (χ0) is 18.6. The fraction of sp³-hybridized carbons (Fsp3) is 0.421. The molecule has 3 rings (SSSR count). The molecule has 0 aliphatic carbocycles. The first kappa shape index (κ1) is 18.7. The van der Waals surface area contributed by atoms with Crippen LogP contribution in [0.4, 0.5) is 0 Å². The third-order valence-electron chi connectivity index (χ3n) is 4.70. The van der Waals surface area contributed by atoms with E-state index in [4.69, 9.17) is 4.42 Å². The van der Waals surface area contributed by atoms with Crippen LogP contribution in [0, 0.1) is 0 Å². The smallest absolute Gasteiger partial charge is 0.287 e. The van der Waals surface area contributed by atoms with E-state index in [1.807, 2.05) is 0 Å². The van der Waals surface area contributed by atoms with Gasteiger partial charge in [0.05, 0.1) is 4.90 Å². The van der Waals surface area contributed by atoms with Crippen LogP contribution < -0.4 is 5.32 Å². The van der Waals surface area contributed by atoms with E-state index in [-0.39, 0.29) is 21.8 Å². The summed E-state index contributed by atoms with van der Waals surface area (Å²) in [5.41, 5.74) is 0. The van der Waals surface area contributed by atoms with Gasteiger partial charge >= 0.3 is 0 Å². The molecule has 2 heterocycles. The van der Waals surface area contributed by atoms with Gasteiger partial charge in [-0.25, -0.2) is 8.42 Å². The summed E-state index contributed by atoms with van der Waals surface area (Å²) in [6.45, 7) is 4.69. The molecule has 0 radical (unpaired) electrons. The normalized spacial score (nSPS) is 17.0. The molecule has 1 atom stereocenters. The van der Waals surface area contributed by atoms with Gasteiger partial charge in [-0.2, -0.15) is 0 Å². The number of nitrogens with zero attached hydrogens (tertiary/aromatic N) is 1. The number of furan rings is 1. The SMILES string of the molecule is C[C@H](CNC(=O)c1ccc(S(=O)(=O)c2ccccc2)o1)N1CCCCC1. The van der Waals surface area contributed by atoms with Crippen LogP contribution >= 0.6 is 0 Å². The largest absolute Gasteiger partial charge is 0.439 e. The van der Waals surface area contributed by atoms with Crippen LogP contribution in [0.1, 0.15) is 36.7 Å². The Morgan fingerprint density at radius 3 is 2.50 bits per heavy atom. The van der Waals surface area contributed by atoms with E-state index in [1.54, 1.807) is 18.2 Å². The van der Waals surface area contributed by atoms with E-state index in [0.717, 1.165) is 13.1 Å². The minimum Gasteiger partial charge on any atom is -0.439 e. The maximum atomic E-state index is 12.5. The van der Waals surface area contributed by atoms with Crippen molar-refractivity contribution in [3.8, 4) is 0 Å². The fourth-order valence-electron chi connectivity index (χ4n) is 3.12. The summed E-state index contributed by atoms with van der Waals surface area (Å²) in [5.74, 6) is -0.395. The molecule has 0 saturated carbocycles. The summed E-state index contributed by atoms with van der Waals surface area (Å²) in [6.07, 6.45) is 3.65. The van der Waals surface area contributed by atoms with Crippen LogP contribution in [0.15, 0.2) is 56.9 Å². The quantitative estimate of drug-likeness (QED) is 0.838. The summed E-state index contributed by atoms with van der Waals surface area (Å²) in [7, 11) is -3.75. The molecular formula is C19H24N2O4S. The van der Waals surface area contributed by atoms with Crippen LogP contribution in [0.3, 0.4) is 0 Å². The first-order valence-corrected chi connectivity index (χ1v) is 10.4. The number of sulfone groups is 1. The third-order valence-corrected chi connectivity index (χ3v) is 6.34. The first-order chi connectivity index (χ1) is 12.5. The minimum atomic E-state index is -3.75. The summed E-state index contributed by atoms with van der Waals surface area (Å²) >= 11 is 0. The Morgan fingerprint density at radius 2 is 1.81 bits per heavy atom. The van der Waals surface area contributed by atoms with E-state index in [9.17, 15) is 13.2 Å². The molecule has 1 aromatic carbocycles. The average Bonchev–Trinajstić information content (AvgIpc) is 3.18. The van der Waals surface area contributed by atoms with Gasteiger partial charge in [0.1, 0.15) is 0 Å². The second-order valence-electron chi connectivity index (χ2n) is 6.59. The zero-order valence-electron chi connectivity index (χ0n) is 14.8. The lowest BCUT2D eigenvalue weighted by Crippen LogP contribution is -2.44. The Labute approximate surface area is 154 Å². The van der Waals surface area contributed by atoms with Gasteiger partial charge in [-0.3, -0.25) is 9.69 Å². The number of hydrogen-bond acceptors (Lipinski definition) is 5. The van der Waals surface area contributed by atoms with Gasteiger partial charge in [-0.1, -0.05) is 24.6 Å². The standard InChI is InChI=1S/C19H24N2O4S/c1-15(21-12-6-3-7-13-21)14-20-19(22)17-10-11-18(25-17)26(23,24)16-8-4-2-5-9-16/h2,4-5,8-11,15H,3,6-7,12-14H2,1H3,(H,20,22)/t15-/m1/s1. The minimum absolute atomic E-state index is 0.00495. The summed E-state index contributed by atoms with van der Waals surface area (Å²) in [5, 5.41) is 2.61. The van der Waals surface area contributed by atoms with E-state index >= 15 is 0 Å². The van der Waals surface area contributed by atoms with Gasteiger partial charge in [-0.05, 0) is 57.1 Å². The number of amides is 1. The van der Waals surface area contributed by atoms with E-state index in [1.165, 1.54) is 43.5 Å². The molecule has 6 nitrogen and oxygen atoms in total. The molecule has 1 amide bonds. The van der Waals surface area contributed by atoms with E-state index < -0.39 is 15.7 Å². The molecular weight excluding hydrogens is 352 g/mol. The highest BCUT2D eigenvalue weighted by molar-refractivity contribution is 7.91. The highest BCUT2D eigenvalue weighted by Crippen LogP contribution is 2.22. The molecule has 1 N–H and O–H groups in total. The Bertz CT molecular complexity index is 839. The first-order valence-electron chi connectivity index (χ1n) is 8.91.